The monoisotopic (exact) mass is 284 g/mol. The molecule has 0 saturated heterocycles. The molecule has 0 aliphatic carbocycles. The first kappa shape index (κ1) is 14.8. The molecule has 0 fully saturated rings. The van der Waals surface area contributed by atoms with Crippen molar-refractivity contribution in [2.45, 2.75) is 13.8 Å². The molecule has 108 valence electrons. The van der Waals surface area contributed by atoms with Crippen molar-refractivity contribution in [3.63, 3.8) is 0 Å². The lowest BCUT2D eigenvalue weighted by atomic mass is 10.1. The van der Waals surface area contributed by atoms with Crippen molar-refractivity contribution in [2.75, 3.05) is 6.61 Å². The molecule has 1 aromatic carbocycles. The third-order valence-electron chi connectivity index (χ3n) is 3.02. The molecule has 0 aliphatic heterocycles. The van der Waals surface area contributed by atoms with Crippen LogP contribution < -0.4 is 10.4 Å². The van der Waals surface area contributed by atoms with Gasteiger partial charge in [0.1, 0.15) is 24.2 Å². The average molecular weight is 284 g/mol. The van der Waals surface area contributed by atoms with Gasteiger partial charge in [-0.15, -0.1) is 0 Å². The van der Waals surface area contributed by atoms with Crippen molar-refractivity contribution in [2.24, 2.45) is 0 Å². The second kappa shape index (κ2) is 6.70. The van der Waals surface area contributed by atoms with E-state index < -0.39 is 5.63 Å². The van der Waals surface area contributed by atoms with Gasteiger partial charge in [0.25, 0.3) is 0 Å². The Kier molecular flexibility index (Phi) is 4.72. The fourth-order valence-electron chi connectivity index (χ4n) is 1.99. The van der Waals surface area contributed by atoms with Crippen molar-refractivity contribution in [1.29, 1.82) is 0 Å². The number of carbonyl (C=O) groups excluding carboxylic acids is 1. The minimum absolute atomic E-state index is 0.307. The molecule has 2 rings (SSSR count). The summed E-state index contributed by atoms with van der Waals surface area (Å²) in [6.07, 6.45) is 5.66. The molecule has 4 heteroatoms. The first-order valence-corrected chi connectivity index (χ1v) is 6.56. The fraction of sp³-hybridized carbons (Fsp3) is 0.176. The maximum absolute atomic E-state index is 11.5. The normalized spacial score (nSPS) is 12.0. The summed E-state index contributed by atoms with van der Waals surface area (Å²) >= 11 is 0. The lowest BCUT2D eigenvalue weighted by Crippen LogP contribution is -2.02. The Morgan fingerprint density at radius 2 is 2.19 bits per heavy atom. The first-order valence-electron chi connectivity index (χ1n) is 6.56. The van der Waals surface area contributed by atoms with Crippen LogP contribution >= 0.6 is 0 Å². The Labute approximate surface area is 122 Å². The topological polar surface area (TPSA) is 56.5 Å². The van der Waals surface area contributed by atoms with Crippen LogP contribution in [0.4, 0.5) is 0 Å². The Morgan fingerprint density at radius 3 is 2.95 bits per heavy atom. The quantitative estimate of drug-likeness (QED) is 0.366. The van der Waals surface area contributed by atoms with E-state index in [1.165, 1.54) is 12.1 Å². The number of allylic oxidation sites excluding steroid dienone is 3. The molecular formula is C17H16O4. The van der Waals surface area contributed by atoms with E-state index in [4.69, 9.17) is 9.15 Å². The van der Waals surface area contributed by atoms with Crippen LogP contribution in [0.1, 0.15) is 12.5 Å². The maximum atomic E-state index is 11.5. The van der Waals surface area contributed by atoms with Crippen LogP contribution in [0.25, 0.3) is 11.0 Å². The summed E-state index contributed by atoms with van der Waals surface area (Å²) in [7, 11) is 0. The predicted molar refractivity (Wildman–Crippen MR) is 81.7 cm³/mol. The molecule has 0 bridgehead atoms. The maximum Gasteiger partial charge on any atom is 0.339 e. The molecular weight excluding hydrogens is 268 g/mol. The molecule has 0 amide bonds. The molecule has 0 spiro atoms. The van der Waals surface area contributed by atoms with Gasteiger partial charge in [-0.2, -0.15) is 0 Å². The number of fused-ring (bicyclic) bond motifs is 1. The number of hydrogen-bond acceptors (Lipinski definition) is 4. The van der Waals surface area contributed by atoms with E-state index in [0.717, 1.165) is 22.8 Å². The summed E-state index contributed by atoms with van der Waals surface area (Å²) < 4.78 is 10.8. The number of hydrogen-bond donors (Lipinski definition) is 0. The Balaban J connectivity index is 2.28. The Morgan fingerprint density at radius 1 is 1.38 bits per heavy atom. The Hall–Kier alpha value is -2.62. The molecule has 0 atom stereocenters. The van der Waals surface area contributed by atoms with E-state index in [9.17, 15) is 9.59 Å². The van der Waals surface area contributed by atoms with E-state index in [2.05, 4.69) is 0 Å². The summed E-state index contributed by atoms with van der Waals surface area (Å²) in [5.74, 6) is 0.503. The number of benzene rings is 1. The van der Waals surface area contributed by atoms with Crippen LogP contribution in [-0.2, 0) is 4.79 Å². The fourth-order valence-corrected chi connectivity index (χ4v) is 1.99. The van der Waals surface area contributed by atoms with Crippen LogP contribution in [0.5, 0.6) is 5.75 Å². The smallest absolute Gasteiger partial charge is 0.339 e. The third-order valence-corrected chi connectivity index (χ3v) is 3.02. The predicted octanol–water partition coefficient (Wildman–Crippen LogP) is 3.18. The van der Waals surface area contributed by atoms with Crippen LogP contribution in [0, 0.1) is 6.92 Å². The highest BCUT2D eigenvalue weighted by Gasteiger charge is 2.08. The lowest BCUT2D eigenvalue weighted by molar-refractivity contribution is -0.104. The van der Waals surface area contributed by atoms with Crippen LogP contribution in [0.15, 0.2) is 57.3 Å². The SMILES string of the molecule is CC(/C=C/C=O)=C\COc1cc(=O)oc2cccc(C)c12. The Bertz CT molecular complexity index is 766. The van der Waals surface area contributed by atoms with Gasteiger partial charge in [-0.1, -0.05) is 23.8 Å². The minimum atomic E-state index is -0.440. The van der Waals surface area contributed by atoms with Crippen molar-refractivity contribution >= 4 is 17.3 Å². The zero-order valence-electron chi connectivity index (χ0n) is 12.0. The molecule has 0 radical (unpaired) electrons. The van der Waals surface area contributed by atoms with Gasteiger partial charge in [0.15, 0.2) is 0 Å². The largest absolute Gasteiger partial charge is 0.488 e. The molecule has 1 heterocycles. The highest BCUT2D eigenvalue weighted by molar-refractivity contribution is 5.86. The summed E-state index contributed by atoms with van der Waals surface area (Å²) in [6.45, 7) is 4.11. The van der Waals surface area contributed by atoms with E-state index >= 15 is 0 Å². The summed E-state index contributed by atoms with van der Waals surface area (Å²) in [6, 6.07) is 6.85. The van der Waals surface area contributed by atoms with Gasteiger partial charge in [-0.05, 0) is 37.6 Å². The summed E-state index contributed by atoms with van der Waals surface area (Å²) in [4.78, 5) is 21.8. The second-order valence-electron chi connectivity index (χ2n) is 4.63. The van der Waals surface area contributed by atoms with Crippen LogP contribution in [-0.4, -0.2) is 12.9 Å². The van der Waals surface area contributed by atoms with Gasteiger partial charge in [0.05, 0.1) is 11.5 Å². The van der Waals surface area contributed by atoms with Crippen molar-refractivity contribution in [3.05, 3.63) is 64.1 Å². The summed E-state index contributed by atoms with van der Waals surface area (Å²) in [5, 5.41) is 0.798. The molecule has 0 unspecified atom stereocenters. The highest BCUT2D eigenvalue weighted by Crippen LogP contribution is 2.26. The first-order chi connectivity index (χ1) is 10.1. The minimum Gasteiger partial charge on any atom is -0.488 e. The molecule has 2 aromatic rings. The van der Waals surface area contributed by atoms with Crippen molar-refractivity contribution < 1.29 is 13.9 Å². The average Bonchev–Trinajstić information content (AvgIpc) is 2.44. The van der Waals surface area contributed by atoms with Gasteiger partial charge in [0, 0.05) is 0 Å². The zero-order valence-corrected chi connectivity index (χ0v) is 12.0. The van der Waals surface area contributed by atoms with Gasteiger partial charge in [-0.25, -0.2) is 4.79 Å². The molecule has 0 aliphatic rings. The number of ether oxygens (including phenoxy) is 1. The van der Waals surface area contributed by atoms with E-state index in [1.54, 1.807) is 12.1 Å². The number of carbonyl (C=O) groups is 1. The molecule has 1 aromatic heterocycles. The van der Waals surface area contributed by atoms with Gasteiger partial charge in [0.2, 0.25) is 0 Å². The van der Waals surface area contributed by atoms with E-state index in [0.29, 0.717) is 17.9 Å². The standard InChI is InChI=1S/C17H16O4/c1-12(5-4-9-18)8-10-20-15-11-16(19)21-14-7-3-6-13(2)17(14)15/h3-9,11H,10H2,1-2H3/b5-4+,12-8+. The van der Waals surface area contributed by atoms with Crippen LogP contribution in [0.3, 0.4) is 0 Å². The number of rotatable bonds is 5. The molecule has 4 nitrogen and oxygen atoms in total. The number of aryl methyl sites for hydroxylation is 1. The summed E-state index contributed by atoms with van der Waals surface area (Å²) in [5.41, 5.74) is 1.96. The number of aldehydes is 1. The van der Waals surface area contributed by atoms with Gasteiger partial charge in [-0.3, -0.25) is 4.79 Å². The van der Waals surface area contributed by atoms with Crippen LogP contribution in [0.2, 0.25) is 0 Å². The lowest BCUT2D eigenvalue weighted by Gasteiger charge is -2.08. The molecule has 0 N–H and O–H groups in total. The zero-order chi connectivity index (χ0) is 15.2. The molecule has 0 saturated carbocycles. The van der Waals surface area contributed by atoms with Gasteiger partial charge < -0.3 is 9.15 Å². The van der Waals surface area contributed by atoms with Crippen molar-refractivity contribution in [1.82, 2.24) is 0 Å². The van der Waals surface area contributed by atoms with E-state index in [1.807, 2.05) is 32.1 Å². The molecule has 21 heavy (non-hydrogen) atoms. The highest BCUT2D eigenvalue weighted by atomic mass is 16.5. The van der Waals surface area contributed by atoms with E-state index in [-0.39, 0.29) is 0 Å². The second-order valence-corrected chi connectivity index (χ2v) is 4.63. The third kappa shape index (κ3) is 3.69. The van der Waals surface area contributed by atoms with Gasteiger partial charge >= 0.3 is 5.63 Å². The van der Waals surface area contributed by atoms with Crippen molar-refractivity contribution in [3.8, 4) is 5.75 Å².